The van der Waals surface area contributed by atoms with Crippen LogP contribution in [-0.4, -0.2) is 67.4 Å². The summed E-state index contributed by atoms with van der Waals surface area (Å²) in [4.78, 5) is 0. The van der Waals surface area contributed by atoms with Crippen LogP contribution in [0.2, 0.25) is 0 Å². The summed E-state index contributed by atoms with van der Waals surface area (Å²) in [5.74, 6) is 0. The van der Waals surface area contributed by atoms with Crippen molar-refractivity contribution in [2.45, 2.75) is 0 Å². The Kier molecular flexibility index (Phi) is 2290. The van der Waals surface area contributed by atoms with Crippen LogP contribution in [0.4, 0.5) is 0 Å². The maximum Gasteiger partial charge on any atom is 2.00 e. The third-order valence-electron chi connectivity index (χ3n) is 0. The first-order chi connectivity index (χ1) is 0. The minimum absolute atomic E-state index is 0. The summed E-state index contributed by atoms with van der Waals surface area (Å²) >= 11 is 0. The van der Waals surface area contributed by atoms with Crippen molar-refractivity contribution < 1.29 is 46.7 Å². The van der Waals surface area contributed by atoms with Crippen molar-refractivity contribution in [1.29, 1.82) is 0 Å². The number of hydrogen-bond acceptors (Lipinski definition) is 0. The molecule has 0 aromatic heterocycles. The van der Waals surface area contributed by atoms with Crippen LogP contribution in [0, 0.1) is 0 Å². The van der Waals surface area contributed by atoms with Crippen LogP contribution in [-0.2, 0) is 0 Å². The van der Waals surface area contributed by atoms with Crippen LogP contribution in [0.25, 0.3) is 0 Å². The molecule has 48 valence electrons. The van der Waals surface area contributed by atoms with Crippen molar-refractivity contribution >= 4 is 45.5 Å². The maximum atomic E-state index is 0. The molecular weight excluding hydrogens is 223 g/mol. The van der Waals surface area contributed by atoms with Gasteiger partial charge in [0, 0.05) is 0 Å². The van der Waals surface area contributed by atoms with Crippen molar-refractivity contribution in [2.75, 3.05) is 0 Å². The van der Waals surface area contributed by atoms with Gasteiger partial charge in [0.1, 0.15) is 0 Å². The van der Waals surface area contributed by atoms with E-state index in [0.717, 1.165) is 0 Å². The van der Waals surface area contributed by atoms with E-state index in [-0.39, 0.29) is 92.2 Å². The molecule has 0 aliphatic carbocycles. The molecule has 0 amide bonds. The summed E-state index contributed by atoms with van der Waals surface area (Å²) in [7, 11) is 0. The van der Waals surface area contributed by atoms with Crippen molar-refractivity contribution in [2.24, 2.45) is 0 Å². The first-order valence-electron chi connectivity index (χ1n) is 0. The van der Waals surface area contributed by atoms with E-state index in [1.807, 2.05) is 0 Å². The fourth-order valence-electron chi connectivity index (χ4n) is 0. The predicted molar refractivity (Wildman–Crippen MR) is 20.2 cm³/mol. The monoisotopic (exact) mass is 230 g/mol. The van der Waals surface area contributed by atoms with Gasteiger partial charge in [0.2, 0.25) is 0 Å². The standard InChI is InChI=1S/2ClH.4H2O.Sr/h2*1H;4*1H2;/q;;;;;;+2/p-2. The Morgan fingerprint density at radius 3 is 0.429 bits per heavy atom. The third kappa shape index (κ3) is 76.2. The fraction of sp³-hybridized carbons (Fsp3) is 0. The number of halogens is 2. The average Bonchev–Trinajstić information content (AvgIpc) is 0. The Morgan fingerprint density at radius 2 is 0.429 bits per heavy atom. The number of rotatable bonds is 0. The summed E-state index contributed by atoms with van der Waals surface area (Å²) < 4.78 is 0. The largest absolute Gasteiger partial charge is 2.00 e. The molecule has 0 aliphatic rings. The van der Waals surface area contributed by atoms with E-state index in [0.29, 0.717) is 0 Å². The molecular formula is H8Cl2O4Sr. The van der Waals surface area contributed by atoms with Crippen molar-refractivity contribution in [3.8, 4) is 0 Å². The van der Waals surface area contributed by atoms with Crippen molar-refractivity contribution in [3.63, 3.8) is 0 Å². The second-order valence-electron chi connectivity index (χ2n) is 0. The van der Waals surface area contributed by atoms with E-state index in [2.05, 4.69) is 0 Å². The molecule has 0 spiro atoms. The molecule has 0 aromatic rings. The predicted octanol–water partition coefficient (Wildman–Crippen LogP) is -9.67. The molecule has 0 unspecified atom stereocenters. The van der Waals surface area contributed by atoms with Gasteiger partial charge in [0.25, 0.3) is 0 Å². The van der Waals surface area contributed by atoms with Gasteiger partial charge in [0.05, 0.1) is 0 Å². The Balaban J connectivity index is 0. The minimum atomic E-state index is 0. The van der Waals surface area contributed by atoms with E-state index in [4.69, 9.17) is 0 Å². The van der Waals surface area contributed by atoms with Gasteiger partial charge in [0.15, 0.2) is 0 Å². The molecule has 0 aromatic carbocycles. The molecule has 4 nitrogen and oxygen atoms in total. The second-order valence-corrected chi connectivity index (χ2v) is 0. The average molecular weight is 231 g/mol. The summed E-state index contributed by atoms with van der Waals surface area (Å²) in [5, 5.41) is 0. The molecule has 0 fully saturated rings. The van der Waals surface area contributed by atoms with Crippen LogP contribution >= 0.6 is 0 Å². The van der Waals surface area contributed by atoms with Gasteiger partial charge in [-0.05, 0) is 0 Å². The van der Waals surface area contributed by atoms with Crippen LogP contribution in [0.15, 0.2) is 0 Å². The van der Waals surface area contributed by atoms with E-state index in [9.17, 15) is 0 Å². The zero-order chi connectivity index (χ0) is 0. The summed E-state index contributed by atoms with van der Waals surface area (Å²) in [5.41, 5.74) is 0. The van der Waals surface area contributed by atoms with Crippen molar-refractivity contribution in [3.05, 3.63) is 0 Å². The van der Waals surface area contributed by atoms with Gasteiger partial charge in [-0.3, -0.25) is 0 Å². The zero-order valence-electron chi connectivity index (χ0n) is 3.46. The van der Waals surface area contributed by atoms with Gasteiger partial charge in [-0.2, -0.15) is 0 Å². The molecule has 0 heterocycles. The molecule has 0 atom stereocenters. The van der Waals surface area contributed by atoms with E-state index < -0.39 is 0 Å². The molecule has 0 bridgehead atoms. The van der Waals surface area contributed by atoms with Gasteiger partial charge in [-0.25, -0.2) is 0 Å². The first kappa shape index (κ1) is 154. The molecule has 0 saturated carbocycles. The molecule has 8 N–H and O–H groups in total. The van der Waals surface area contributed by atoms with Gasteiger partial charge >= 0.3 is 45.5 Å². The van der Waals surface area contributed by atoms with Gasteiger partial charge < -0.3 is 46.7 Å². The van der Waals surface area contributed by atoms with Crippen LogP contribution in [0.1, 0.15) is 0 Å². The van der Waals surface area contributed by atoms with Crippen molar-refractivity contribution in [1.82, 2.24) is 0 Å². The Labute approximate surface area is 91.0 Å². The Hall–Kier alpha value is 1.90. The smallest absolute Gasteiger partial charge is 1.00 e. The minimum Gasteiger partial charge on any atom is -1.00 e. The van der Waals surface area contributed by atoms with Crippen LogP contribution < -0.4 is 24.8 Å². The molecule has 0 aliphatic heterocycles. The maximum absolute atomic E-state index is 0. The van der Waals surface area contributed by atoms with Crippen LogP contribution in [0.5, 0.6) is 0 Å². The normalized spacial score (nSPS) is 0. The third-order valence-corrected chi connectivity index (χ3v) is 0. The summed E-state index contributed by atoms with van der Waals surface area (Å²) in [6.07, 6.45) is 0. The Morgan fingerprint density at radius 1 is 0.429 bits per heavy atom. The van der Waals surface area contributed by atoms with E-state index >= 15 is 0 Å². The van der Waals surface area contributed by atoms with Gasteiger partial charge in [-0.1, -0.05) is 0 Å². The summed E-state index contributed by atoms with van der Waals surface area (Å²) in [6.45, 7) is 0. The van der Waals surface area contributed by atoms with E-state index in [1.165, 1.54) is 0 Å². The molecule has 7 heavy (non-hydrogen) atoms. The van der Waals surface area contributed by atoms with Crippen LogP contribution in [0.3, 0.4) is 0 Å². The number of hydrogen-bond donors (Lipinski definition) is 0. The quantitative estimate of drug-likeness (QED) is 0.367. The molecule has 0 rings (SSSR count). The summed E-state index contributed by atoms with van der Waals surface area (Å²) in [6, 6.07) is 0. The second kappa shape index (κ2) is 104. The zero-order valence-corrected chi connectivity index (χ0v) is 8.45. The Bertz CT molecular complexity index is 9.65. The van der Waals surface area contributed by atoms with Gasteiger partial charge in [-0.15, -0.1) is 0 Å². The van der Waals surface area contributed by atoms with E-state index in [1.54, 1.807) is 0 Å². The topological polar surface area (TPSA) is 126 Å². The SMILES string of the molecule is O.O.O.O.[Cl-].[Cl-].[Sr+2]. The molecule has 0 saturated heterocycles. The fourth-order valence-corrected chi connectivity index (χ4v) is 0. The first-order valence-corrected chi connectivity index (χ1v) is 0. The molecule has 7 heteroatoms. The molecule has 0 radical (unpaired) electrons.